The fourth-order valence-corrected chi connectivity index (χ4v) is 1.59. The Balaban J connectivity index is 1.97. The number of hydrogen-bond acceptors (Lipinski definition) is 1. The Kier molecular flexibility index (Phi) is 3.76. The van der Waals surface area contributed by atoms with Crippen molar-refractivity contribution in [1.29, 1.82) is 0 Å². The molecule has 0 aliphatic carbocycles. The maximum atomic E-state index is 12.9. The van der Waals surface area contributed by atoms with Crippen molar-refractivity contribution in [2.75, 3.05) is 0 Å². The second-order valence-electron chi connectivity index (χ2n) is 3.92. The van der Waals surface area contributed by atoms with Gasteiger partial charge in [0.15, 0.2) is 0 Å². The van der Waals surface area contributed by atoms with E-state index in [0.29, 0.717) is 12.4 Å². The van der Waals surface area contributed by atoms with Crippen molar-refractivity contribution in [2.45, 2.75) is 20.0 Å². The topological polar surface area (TPSA) is 9.23 Å². The molecule has 2 aromatic rings. The van der Waals surface area contributed by atoms with E-state index in [4.69, 9.17) is 4.74 Å². The Hall–Kier alpha value is -1.83. The minimum atomic E-state index is -0.274. The zero-order valence-corrected chi connectivity index (χ0v) is 9.82. The molecule has 0 saturated carbocycles. The maximum Gasteiger partial charge on any atom is 0.126 e. The molecule has 0 aliphatic rings. The largest absolute Gasteiger partial charge is 0.489 e. The molecule has 0 aliphatic heterocycles. The van der Waals surface area contributed by atoms with Gasteiger partial charge in [-0.3, -0.25) is 0 Å². The van der Waals surface area contributed by atoms with E-state index in [0.717, 1.165) is 12.0 Å². The van der Waals surface area contributed by atoms with Gasteiger partial charge in [-0.1, -0.05) is 37.3 Å². The van der Waals surface area contributed by atoms with Crippen molar-refractivity contribution in [2.24, 2.45) is 0 Å². The van der Waals surface area contributed by atoms with Crippen LogP contribution in [0.25, 0.3) is 0 Å². The fourth-order valence-electron chi connectivity index (χ4n) is 1.59. The molecular formula is C15H15FO. The van der Waals surface area contributed by atoms with Gasteiger partial charge >= 0.3 is 0 Å². The Morgan fingerprint density at radius 1 is 1.00 bits per heavy atom. The molecule has 0 heterocycles. The molecule has 2 rings (SSSR count). The lowest BCUT2D eigenvalue weighted by molar-refractivity contribution is 0.304. The number of rotatable bonds is 4. The highest BCUT2D eigenvalue weighted by atomic mass is 19.1. The fraction of sp³-hybridized carbons (Fsp3) is 0.200. The van der Waals surface area contributed by atoms with Gasteiger partial charge in [-0.25, -0.2) is 4.39 Å². The minimum Gasteiger partial charge on any atom is -0.489 e. The first-order valence-electron chi connectivity index (χ1n) is 5.74. The summed E-state index contributed by atoms with van der Waals surface area (Å²) in [5, 5.41) is 0. The van der Waals surface area contributed by atoms with Gasteiger partial charge in [-0.15, -0.1) is 0 Å². The van der Waals surface area contributed by atoms with E-state index in [1.54, 1.807) is 12.1 Å². The third-order valence-corrected chi connectivity index (χ3v) is 2.63. The second-order valence-corrected chi connectivity index (χ2v) is 3.92. The van der Waals surface area contributed by atoms with Gasteiger partial charge in [0.2, 0.25) is 0 Å². The average Bonchev–Trinajstić information content (AvgIpc) is 2.37. The average molecular weight is 230 g/mol. The zero-order chi connectivity index (χ0) is 12.1. The normalized spacial score (nSPS) is 10.2. The molecule has 0 saturated heterocycles. The molecular weight excluding hydrogens is 215 g/mol. The van der Waals surface area contributed by atoms with Crippen molar-refractivity contribution in [3.63, 3.8) is 0 Å². The van der Waals surface area contributed by atoms with E-state index < -0.39 is 0 Å². The summed E-state index contributed by atoms with van der Waals surface area (Å²) in [6.45, 7) is 2.59. The van der Waals surface area contributed by atoms with Crippen molar-refractivity contribution in [3.05, 3.63) is 65.5 Å². The SMILES string of the molecule is CCc1ccc(COc2cccc(F)c2)cc1. The number of halogens is 1. The molecule has 0 atom stereocenters. The first-order valence-corrected chi connectivity index (χ1v) is 5.74. The first-order chi connectivity index (χ1) is 8.28. The molecule has 0 fully saturated rings. The summed E-state index contributed by atoms with van der Waals surface area (Å²) in [5.74, 6) is 0.286. The van der Waals surface area contributed by atoms with Crippen molar-refractivity contribution in [1.82, 2.24) is 0 Å². The van der Waals surface area contributed by atoms with Crippen molar-refractivity contribution >= 4 is 0 Å². The van der Waals surface area contributed by atoms with Gasteiger partial charge in [0, 0.05) is 6.07 Å². The Morgan fingerprint density at radius 2 is 1.71 bits per heavy atom. The van der Waals surface area contributed by atoms with Crippen LogP contribution in [0.4, 0.5) is 4.39 Å². The molecule has 0 spiro atoms. The van der Waals surface area contributed by atoms with Crippen LogP contribution in [0.3, 0.4) is 0 Å². The second kappa shape index (κ2) is 5.48. The molecule has 0 unspecified atom stereocenters. The smallest absolute Gasteiger partial charge is 0.126 e. The highest BCUT2D eigenvalue weighted by Gasteiger charge is 1.97. The summed E-state index contributed by atoms with van der Waals surface area (Å²) in [6, 6.07) is 14.4. The van der Waals surface area contributed by atoms with E-state index in [-0.39, 0.29) is 5.82 Å². The third-order valence-electron chi connectivity index (χ3n) is 2.63. The molecule has 0 amide bonds. The van der Waals surface area contributed by atoms with Crippen LogP contribution in [0, 0.1) is 5.82 Å². The third kappa shape index (κ3) is 3.31. The number of ether oxygens (including phenoxy) is 1. The number of aryl methyl sites for hydroxylation is 1. The standard InChI is InChI=1S/C15H15FO/c1-2-12-6-8-13(9-7-12)11-17-15-5-3-4-14(16)10-15/h3-10H,2,11H2,1H3. The predicted octanol–water partition coefficient (Wildman–Crippen LogP) is 3.97. The zero-order valence-electron chi connectivity index (χ0n) is 9.82. The molecule has 0 radical (unpaired) electrons. The van der Waals surface area contributed by atoms with Crippen LogP contribution in [0.15, 0.2) is 48.5 Å². The molecule has 2 aromatic carbocycles. The van der Waals surface area contributed by atoms with E-state index in [9.17, 15) is 4.39 Å². The number of hydrogen-bond donors (Lipinski definition) is 0. The van der Waals surface area contributed by atoms with Crippen LogP contribution in [-0.2, 0) is 13.0 Å². The quantitative estimate of drug-likeness (QED) is 0.772. The molecule has 88 valence electrons. The van der Waals surface area contributed by atoms with Crippen molar-refractivity contribution in [3.8, 4) is 5.75 Å². The Labute approximate surface area is 101 Å². The van der Waals surface area contributed by atoms with E-state index in [1.165, 1.54) is 17.7 Å². The van der Waals surface area contributed by atoms with E-state index in [1.807, 2.05) is 12.1 Å². The van der Waals surface area contributed by atoms with Gasteiger partial charge in [0.1, 0.15) is 18.2 Å². The highest BCUT2D eigenvalue weighted by molar-refractivity contribution is 5.25. The lowest BCUT2D eigenvalue weighted by Gasteiger charge is -2.06. The van der Waals surface area contributed by atoms with Crippen LogP contribution < -0.4 is 4.74 Å². The first kappa shape index (κ1) is 11.6. The van der Waals surface area contributed by atoms with Gasteiger partial charge in [-0.05, 0) is 29.7 Å². The predicted molar refractivity (Wildman–Crippen MR) is 66.6 cm³/mol. The number of benzene rings is 2. The summed E-state index contributed by atoms with van der Waals surface area (Å²) in [5.41, 5.74) is 2.39. The van der Waals surface area contributed by atoms with Gasteiger partial charge in [0.05, 0.1) is 0 Å². The van der Waals surface area contributed by atoms with Crippen LogP contribution in [0.1, 0.15) is 18.1 Å². The molecule has 2 heteroatoms. The minimum absolute atomic E-state index is 0.274. The van der Waals surface area contributed by atoms with E-state index >= 15 is 0 Å². The lowest BCUT2D eigenvalue weighted by Crippen LogP contribution is -1.95. The molecule has 0 aromatic heterocycles. The highest BCUT2D eigenvalue weighted by Crippen LogP contribution is 2.14. The van der Waals surface area contributed by atoms with Crippen molar-refractivity contribution < 1.29 is 9.13 Å². The molecule has 0 N–H and O–H groups in total. The molecule has 17 heavy (non-hydrogen) atoms. The molecule has 1 nitrogen and oxygen atoms in total. The summed E-state index contributed by atoms with van der Waals surface area (Å²) >= 11 is 0. The lowest BCUT2D eigenvalue weighted by atomic mass is 10.1. The van der Waals surface area contributed by atoms with Gasteiger partial charge < -0.3 is 4.74 Å². The summed E-state index contributed by atoms with van der Waals surface area (Å²) in [6.07, 6.45) is 1.03. The Bertz CT molecular complexity index is 477. The molecule has 0 bridgehead atoms. The van der Waals surface area contributed by atoms with Gasteiger partial charge in [-0.2, -0.15) is 0 Å². The van der Waals surface area contributed by atoms with Crippen LogP contribution in [0.5, 0.6) is 5.75 Å². The van der Waals surface area contributed by atoms with Crippen LogP contribution in [0.2, 0.25) is 0 Å². The monoisotopic (exact) mass is 230 g/mol. The summed E-state index contributed by atoms with van der Waals surface area (Å²) in [4.78, 5) is 0. The summed E-state index contributed by atoms with van der Waals surface area (Å²) < 4.78 is 18.4. The van der Waals surface area contributed by atoms with Crippen LogP contribution in [-0.4, -0.2) is 0 Å². The van der Waals surface area contributed by atoms with Crippen LogP contribution >= 0.6 is 0 Å². The van der Waals surface area contributed by atoms with E-state index in [2.05, 4.69) is 19.1 Å². The Morgan fingerprint density at radius 3 is 2.35 bits per heavy atom. The maximum absolute atomic E-state index is 12.9. The van der Waals surface area contributed by atoms with Gasteiger partial charge in [0.25, 0.3) is 0 Å². The summed E-state index contributed by atoms with van der Waals surface area (Å²) in [7, 11) is 0.